The van der Waals surface area contributed by atoms with Crippen LogP contribution in [-0.4, -0.2) is 20.9 Å². The lowest BCUT2D eigenvalue weighted by atomic mass is 9.88. The molecule has 1 atom stereocenters. The highest BCUT2D eigenvalue weighted by Gasteiger charge is 2.34. The Bertz CT molecular complexity index is 682. The first-order valence-corrected chi connectivity index (χ1v) is 9.77. The van der Waals surface area contributed by atoms with E-state index in [1.807, 2.05) is 0 Å². The zero-order valence-electron chi connectivity index (χ0n) is 14.7. The van der Waals surface area contributed by atoms with Crippen molar-refractivity contribution in [2.75, 3.05) is 6.54 Å². The first kappa shape index (κ1) is 16.9. The number of aromatic nitrogens is 1. The van der Waals surface area contributed by atoms with E-state index in [9.17, 15) is 4.55 Å². The second-order valence-corrected chi connectivity index (χ2v) is 9.55. The fourth-order valence-corrected chi connectivity index (χ4v) is 4.14. The molecule has 1 aromatic carbocycles. The molecule has 3 nitrogen and oxygen atoms in total. The molecule has 2 aromatic rings. The van der Waals surface area contributed by atoms with E-state index in [0.29, 0.717) is 5.25 Å². The van der Waals surface area contributed by atoms with Gasteiger partial charge in [0.25, 0.3) is 0 Å². The van der Waals surface area contributed by atoms with Crippen molar-refractivity contribution in [3.8, 4) is 0 Å². The molecule has 0 spiro atoms. The lowest BCUT2D eigenvalue weighted by molar-refractivity contribution is 0.412. The van der Waals surface area contributed by atoms with Crippen LogP contribution in [-0.2, 0) is 24.3 Å². The van der Waals surface area contributed by atoms with Gasteiger partial charge < -0.3 is 9.12 Å². The van der Waals surface area contributed by atoms with Gasteiger partial charge in [0.1, 0.15) is 5.25 Å². The van der Waals surface area contributed by atoms with Gasteiger partial charge >= 0.3 is 0 Å². The maximum atomic E-state index is 11.9. The van der Waals surface area contributed by atoms with E-state index in [4.69, 9.17) is 0 Å². The van der Waals surface area contributed by atoms with Crippen LogP contribution in [0.1, 0.15) is 44.7 Å². The molecule has 3 rings (SSSR count). The molecule has 1 aliphatic carbocycles. The van der Waals surface area contributed by atoms with E-state index in [0.717, 1.165) is 32.4 Å². The van der Waals surface area contributed by atoms with Crippen LogP contribution in [0.4, 0.5) is 0 Å². The maximum Gasteiger partial charge on any atom is 0.135 e. The predicted octanol–water partition coefficient (Wildman–Crippen LogP) is 3.95. The van der Waals surface area contributed by atoms with Crippen molar-refractivity contribution in [3.63, 3.8) is 0 Å². The highest BCUT2D eigenvalue weighted by Crippen LogP contribution is 2.29. The molecule has 1 saturated carbocycles. The third kappa shape index (κ3) is 4.31. The molecule has 0 aliphatic heterocycles. The molecule has 1 aliphatic rings. The van der Waals surface area contributed by atoms with Crippen LogP contribution in [0.25, 0.3) is 10.9 Å². The summed E-state index contributed by atoms with van der Waals surface area (Å²) in [4.78, 5) is 0. The van der Waals surface area contributed by atoms with E-state index >= 15 is 0 Å². The molecular formula is C19H28N2OS. The molecule has 126 valence electrons. The first-order valence-electron chi connectivity index (χ1n) is 8.56. The average molecular weight is 333 g/mol. The summed E-state index contributed by atoms with van der Waals surface area (Å²) in [5.41, 5.74) is 4.28. The van der Waals surface area contributed by atoms with Crippen LogP contribution in [0, 0.1) is 12.3 Å². The molecular weight excluding hydrogens is 304 g/mol. The van der Waals surface area contributed by atoms with E-state index in [1.165, 1.54) is 22.0 Å². The van der Waals surface area contributed by atoms with Gasteiger partial charge in [-0.05, 0) is 36.5 Å². The summed E-state index contributed by atoms with van der Waals surface area (Å²) < 4.78 is 17.4. The third-order valence-electron chi connectivity index (χ3n) is 4.26. The van der Waals surface area contributed by atoms with E-state index < -0.39 is 11.4 Å². The van der Waals surface area contributed by atoms with Crippen molar-refractivity contribution >= 4 is 22.3 Å². The number of hydrogen-bond acceptors (Lipinski definition) is 2. The van der Waals surface area contributed by atoms with Crippen molar-refractivity contribution in [2.45, 2.75) is 58.8 Å². The Balaban J connectivity index is 1.78. The Morgan fingerprint density at radius 2 is 2.04 bits per heavy atom. The molecule has 4 heteroatoms. The Morgan fingerprint density at radius 3 is 2.70 bits per heavy atom. The number of nitrogens with zero attached hydrogens (tertiary/aromatic N) is 1. The number of rotatable bonds is 6. The molecule has 23 heavy (non-hydrogen) atoms. The van der Waals surface area contributed by atoms with Gasteiger partial charge in [0.05, 0.1) is 6.54 Å². The standard InChI is InChI=1S/C19H28N2OS/c1-14-5-8-18-17(11-14)15(12-19(2,3)4)13-21(18)10-9-20-23(22)16-6-7-16/h5,8,11,13,16,20H,6-7,9-10,12H2,1-4H3. The van der Waals surface area contributed by atoms with Gasteiger partial charge in [0.15, 0.2) is 0 Å². The number of benzene rings is 1. The summed E-state index contributed by atoms with van der Waals surface area (Å²) >= 11 is -0.844. The minimum atomic E-state index is -0.844. The van der Waals surface area contributed by atoms with Crippen molar-refractivity contribution in [1.29, 1.82) is 0 Å². The quantitative estimate of drug-likeness (QED) is 0.814. The second-order valence-electron chi connectivity index (χ2n) is 8.00. The molecule has 1 aromatic heterocycles. The molecule has 0 saturated heterocycles. The van der Waals surface area contributed by atoms with E-state index in [1.54, 1.807) is 0 Å². The highest BCUT2D eigenvalue weighted by atomic mass is 32.2. The van der Waals surface area contributed by atoms with Crippen molar-refractivity contribution in [2.24, 2.45) is 5.41 Å². The fraction of sp³-hybridized carbons (Fsp3) is 0.579. The van der Waals surface area contributed by atoms with Crippen LogP contribution < -0.4 is 4.72 Å². The Labute approximate surface area is 142 Å². The normalized spacial score (nSPS) is 16.9. The Morgan fingerprint density at radius 1 is 1.30 bits per heavy atom. The van der Waals surface area contributed by atoms with E-state index in [-0.39, 0.29) is 5.41 Å². The molecule has 1 N–H and O–H groups in total. The largest absolute Gasteiger partial charge is 0.598 e. The number of nitrogens with one attached hydrogen (secondary N) is 1. The summed E-state index contributed by atoms with van der Waals surface area (Å²) in [6.45, 7) is 10.6. The minimum Gasteiger partial charge on any atom is -0.598 e. The van der Waals surface area contributed by atoms with Gasteiger partial charge in [-0.2, -0.15) is 0 Å². The Hall–Kier alpha value is -0.970. The van der Waals surface area contributed by atoms with Crippen molar-refractivity contribution in [1.82, 2.24) is 9.29 Å². The van der Waals surface area contributed by atoms with Crippen LogP contribution in [0.5, 0.6) is 0 Å². The molecule has 1 unspecified atom stereocenters. The summed E-state index contributed by atoms with van der Waals surface area (Å²) in [5.74, 6) is 0. The number of fused-ring (bicyclic) bond motifs is 1. The van der Waals surface area contributed by atoms with Gasteiger partial charge in [-0.1, -0.05) is 32.4 Å². The SMILES string of the molecule is Cc1ccc2c(c1)c(CC(C)(C)C)cn2CCN[S+]([O-])C1CC1. The predicted molar refractivity (Wildman–Crippen MR) is 99.0 cm³/mol. The zero-order chi connectivity index (χ0) is 16.6. The molecule has 0 amide bonds. The van der Waals surface area contributed by atoms with Gasteiger partial charge in [0.2, 0.25) is 0 Å². The Kier molecular flexibility index (Phi) is 4.77. The zero-order valence-corrected chi connectivity index (χ0v) is 15.5. The second kappa shape index (κ2) is 6.50. The summed E-state index contributed by atoms with van der Waals surface area (Å²) in [7, 11) is 0. The van der Waals surface area contributed by atoms with Gasteiger partial charge in [-0.3, -0.25) is 0 Å². The average Bonchev–Trinajstić information content (AvgIpc) is 3.24. The monoisotopic (exact) mass is 332 g/mol. The maximum absolute atomic E-state index is 11.9. The fourth-order valence-electron chi connectivity index (χ4n) is 3.05. The first-order chi connectivity index (χ1) is 10.8. The van der Waals surface area contributed by atoms with Gasteiger partial charge in [-0.15, -0.1) is 4.72 Å². The summed E-state index contributed by atoms with van der Waals surface area (Å²) in [6.07, 6.45) is 5.58. The summed E-state index contributed by atoms with van der Waals surface area (Å²) in [6, 6.07) is 6.69. The lowest BCUT2D eigenvalue weighted by Gasteiger charge is -2.17. The van der Waals surface area contributed by atoms with Crippen molar-refractivity contribution < 1.29 is 4.55 Å². The van der Waals surface area contributed by atoms with Gasteiger partial charge in [-0.25, -0.2) is 0 Å². The number of hydrogen-bond donors (Lipinski definition) is 1. The molecule has 0 bridgehead atoms. The van der Waals surface area contributed by atoms with Crippen LogP contribution in [0.3, 0.4) is 0 Å². The molecule has 1 fully saturated rings. The molecule has 1 heterocycles. The number of aryl methyl sites for hydroxylation is 1. The van der Waals surface area contributed by atoms with Crippen molar-refractivity contribution in [3.05, 3.63) is 35.5 Å². The summed E-state index contributed by atoms with van der Waals surface area (Å²) in [5, 5.41) is 1.76. The third-order valence-corrected chi connectivity index (χ3v) is 5.83. The lowest BCUT2D eigenvalue weighted by Crippen LogP contribution is -2.30. The minimum absolute atomic E-state index is 0.272. The smallest absolute Gasteiger partial charge is 0.135 e. The van der Waals surface area contributed by atoms with Crippen LogP contribution >= 0.6 is 0 Å². The van der Waals surface area contributed by atoms with E-state index in [2.05, 4.69) is 61.4 Å². The topological polar surface area (TPSA) is 40.0 Å². The van der Waals surface area contributed by atoms with Crippen LogP contribution in [0.15, 0.2) is 24.4 Å². The highest BCUT2D eigenvalue weighted by molar-refractivity contribution is 7.90. The van der Waals surface area contributed by atoms with Gasteiger partial charge in [0, 0.05) is 47.8 Å². The molecule has 0 radical (unpaired) electrons. The van der Waals surface area contributed by atoms with Crippen LogP contribution in [0.2, 0.25) is 0 Å².